The quantitative estimate of drug-likeness (QED) is 0.791. The molecule has 0 saturated carbocycles. The Morgan fingerprint density at radius 1 is 1.38 bits per heavy atom. The van der Waals surface area contributed by atoms with E-state index in [1.54, 1.807) is 12.3 Å². The van der Waals surface area contributed by atoms with Crippen LogP contribution < -0.4 is 0 Å². The Kier molecular flexibility index (Phi) is 4.12. The highest BCUT2D eigenvalue weighted by Gasteiger charge is 2.41. The molecule has 3 heterocycles. The monoisotopic (exact) mass is 290 g/mol. The van der Waals surface area contributed by atoms with Gasteiger partial charge in [0.1, 0.15) is 12.4 Å². The molecule has 0 bridgehead atoms. The minimum Gasteiger partial charge on any atom is -0.468 e. The zero-order valence-corrected chi connectivity index (χ0v) is 12.3. The van der Waals surface area contributed by atoms with Gasteiger partial charge < -0.3 is 14.1 Å². The Labute approximate surface area is 125 Å². The molecule has 0 radical (unpaired) electrons. The van der Waals surface area contributed by atoms with E-state index < -0.39 is 0 Å². The van der Waals surface area contributed by atoms with E-state index in [0.29, 0.717) is 13.1 Å². The first kappa shape index (κ1) is 14.4. The number of piperidine rings is 1. The number of amides is 1. The summed E-state index contributed by atoms with van der Waals surface area (Å²) < 4.78 is 11.3. The molecule has 1 amide bonds. The molecule has 2 aliphatic rings. The molecular weight excluding hydrogens is 268 g/mol. The Bertz CT molecular complexity index is 490. The fourth-order valence-corrected chi connectivity index (χ4v) is 3.15. The van der Waals surface area contributed by atoms with Crippen molar-refractivity contribution < 1.29 is 13.9 Å². The average molecular weight is 290 g/mol. The second-order valence-corrected chi connectivity index (χ2v) is 5.89. The van der Waals surface area contributed by atoms with Gasteiger partial charge in [0.25, 0.3) is 0 Å². The third-order valence-corrected chi connectivity index (χ3v) is 4.41. The molecule has 1 aromatic rings. The van der Waals surface area contributed by atoms with Gasteiger partial charge in [-0.3, -0.25) is 9.69 Å². The number of hydrogen-bond donors (Lipinski definition) is 0. The van der Waals surface area contributed by atoms with Crippen LogP contribution in [0.15, 0.2) is 35.5 Å². The van der Waals surface area contributed by atoms with Crippen LogP contribution >= 0.6 is 0 Å². The summed E-state index contributed by atoms with van der Waals surface area (Å²) >= 11 is 0. The van der Waals surface area contributed by atoms with Crippen LogP contribution in [0.1, 0.15) is 18.6 Å². The van der Waals surface area contributed by atoms with E-state index in [-0.39, 0.29) is 18.1 Å². The van der Waals surface area contributed by atoms with E-state index in [9.17, 15) is 4.79 Å². The largest absolute Gasteiger partial charge is 0.468 e. The molecule has 0 atom stereocenters. The predicted molar refractivity (Wildman–Crippen MR) is 78.7 cm³/mol. The predicted octanol–water partition coefficient (Wildman–Crippen LogP) is 1.66. The zero-order chi connectivity index (χ0) is 14.7. The van der Waals surface area contributed by atoms with Crippen LogP contribution in [-0.2, 0) is 16.1 Å². The van der Waals surface area contributed by atoms with Crippen LogP contribution in [0.25, 0.3) is 0 Å². The summed E-state index contributed by atoms with van der Waals surface area (Å²) in [6.07, 6.45) is 5.40. The van der Waals surface area contributed by atoms with Crippen LogP contribution in [0.5, 0.6) is 0 Å². The Morgan fingerprint density at radius 3 is 2.86 bits per heavy atom. The molecule has 3 rings (SSSR count). The van der Waals surface area contributed by atoms with Gasteiger partial charge in [-0.05, 0) is 25.0 Å². The van der Waals surface area contributed by atoms with Gasteiger partial charge in [0.2, 0.25) is 5.91 Å². The van der Waals surface area contributed by atoms with E-state index in [2.05, 4.69) is 11.5 Å². The van der Waals surface area contributed by atoms with E-state index in [4.69, 9.17) is 9.15 Å². The molecule has 2 saturated heterocycles. The SMILES string of the molecule is C=CCN1CC2(CCN(Cc3ccco3)CC2)OCC1=O. The van der Waals surface area contributed by atoms with Gasteiger partial charge >= 0.3 is 0 Å². The lowest BCUT2D eigenvalue weighted by Crippen LogP contribution is -2.58. The van der Waals surface area contributed by atoms with E-state index in [1.807, 2.05) is 17.0 Å². The minimum absolute atomic E-state index is 0.0681. The Hall–Kier alpha value is -1.59. The topological polar surface area (TPSA) is 45.9 Å². The van der Waals surface area contributed by atoms with E-state index >= 15 is 0 Å². The Balaban J connectivity index is 1.56. The van der Waals surface area contributed by atoms with E-state index in [0.717, 1.165) is 38.2 Å². The van der Waals surface area contributed by atoms with Crippen molar-refractivity contribution in [3.8, 4) is 0 Å². The van der Waals surface area contributed by atoms with Gasteiger partial charge in [-0.25, -0.2) is 0 Å². The summed E-state index contributed by atoms with van der Waals surface area (Å²) in [5, 5.41) is 0. The number of likely N-dealkylation sites (tertiary alicyclic amines) is 1. The van der Waals surface area contributed by atoms with Crippen LogP contribution in [0.4, 0.5) is 0 Å². The van der Waals surface area contributed by atoms with Gasteiger partial charge in [-0.1, -0.05) is 6.08 Å². The second kappa shape index (κ2) is 6.03. The van der Waals surface area contributed by atoms with Gasteiger partial charge in [-0.2, -0.15) is 0 Å². The maximum atomic E-state index is 11.8. The number of hydrogen-bond acceptors (Lipinski definition) is 4. The number of ether oxygens (including phenoxy) is 1. The first-order valence-corrected chi connectivity index (χ1v) is 7.48. The van der Waals surface area contributed by atoms with Gasteiger partial charge in [-0.15, -0.1) is 6.58 Å². The van der Waals surface area contributed by atoms with Crippen LogP contribution in [0.2, 0.25) is 0 Å². The number of carbonyl (C=O) groups excluding carboxylic acids is 1. The minimum atomic E-state index is -0.170. The van der Waals surface area contributed by atoms with Gasteiger partial charge in [0, 0.05) is 19.6 Å². The van der Waals surface area contributed by atoms with Crippen molar-refractivity contribution in [2.24, 2.45) is 0 Å². The molecule has 0 N–H and O–H groups in total. The lowest BCUT2D eigenvalue weighted by Gasteiger charge is -2.46. The highest BCUT2D eigenvalue weighted by Crippen LogP contribution is 2.31. The number of rotatable bonds is 4. The maximum absolute atomic E-state index is 11.8. The highest BCUT2D eigenvalue weighted by molar-refractivity contribution is 5.78. The number of nitrogens with zero attached hydrogens (tertiary/aromatic N) is 2. The van der Waals surface area contributed by atoms with Crippen molar-refractivity contribution in [2.45, 2.75) is 25.0 Å². The lowest BCUT2D eigenvalue weighted by molar-refractivity contribution is -0.170. The molecule has 1 aromatic heterocycles. The molecule has 5 nitrogen and oxygen atoms in total. The molecule has 1 spiro atoms. The van der Waals surface area contributed by atoms with Crippen LogP contribution in [0.3, 0.4) is 0 Å². The summed E-state index contributed by atoms with van der Waals surface area (Å²) in [4.78, 5) is 16.1. The molecular formula is C16H22N2O3. The molecule has 0 unspecified atom stereocenters. The van der Waals surface area contributed by atoms with Gasteiger partial charge in [0.05, 0.1) is 25.0 Å². The summed E-state index contributed by atoms with van der Waals surface area (Å²) in [5.74, 6) is 1.07. The number of carbonyl (C=O) groups is 1. The molecule has 5 heteroatoms. The summed E-state index contributed by atoms with van der Waals surface area (Å²) in [7, 11) is 0. The lowest BCUT2D eigenvalue weighted by atomic mass is 9.89. The number of furan rings is 1. The smallest absolute Gasteiger partial charge is 0.248 e. The maximum Gasteiger partial charge on any atom is 0.248 e. The second-order valence-electron chi connectivity index (χ2n) is 5.89. The van der Waals surface area contributed by atoms with Crippen molar-refractivity contribution >= 4 is 5.91 Å². The normalized spacial score (nSPS) is 22.7. The van der Waals surface area contributed by atoms with Crippen molar-refractivity contribution in [1.82, 2.24) is 9.80 Å². The Morgan fingerprint density at radius 2 is 2.19 bits per heavy atom. The molecule has 21 heavy (non-hydrogen) atoms. The average Bonchev–Trinajstić information content (AvgIpc) is 2.99. The third kappa shape index (κ3) is 3.19. The molecule has 2 fully saturated rings. The summed E-state index contributed by atoms with van der Waals surface area (Å²) in [6, 6.07) is 3.93. The van der Waals surface area contributed by atoms with Crippen molar-refractivity contribution in [2.75, 3.05) is 32.8 Å². The fraction of sp³-hybridized carbons (Fsp3) is 0.562. The molecule has 2 aliphatic heterocycles. The summed E-state index contributed by atoms with van der Waals surface area (Å²) in [5.41, 5.74) is -0.170. The fourth-order valence-electron chi connectivity index (χ4n) is 3.15. The summed E-state index contributed by atoms with van der Waals surface area (Å²) in [6.45, 7) is 8.01. The van der Waals surface area contributed by atoms with Crippen LogP contribution in [0, 0.1) is 0 Å². The third-order valence-electron chi connectivity index (χ3n) is 4.41. The van der Waals surface area contributed by atoms with Crippen molar-refractivity contribution in [1.29, 1.82) is 0 Å². The first-order chi connectivity index (χ1) is 10.2. The van der Waals surface area contributed by atoms with Gasteiger partial charge in [0.15, 0.2) is 0 Å². The first-order valence-electron chi connectivity index (χ1n) is 7.48. The van der Waals surface area contributed by atoms with E-state index in [1.165, 1.54) is 0 Å². The molecule has 0 aromatic carbocycles. The van der Waals surface area contributed by atoms with Crippen molar-refractivity contribution in [3.05, 3.63) is 36.8 Å². The van der Waals surface area contributed by atoms with Crippen molar-refractivity contribution in [3.63, 3.8) is 0 Å². The molecule has 114 valence electrons. The van der Waals surface area contributed by atoms with Crippen LogP contribution in [-0.4, -0.2) is 54.1 Å². The molecule has 0 aliphatic carbocycles. The zero-order valence-electron chi connectivity index (χ0n) is 12.3. The number of morpholine rings is 1. The standard InChI is InChI=1S/C16H22N2O3/c1-2-7-18-13-16(21-12-15(18)19)5-8-17(9-6-16)11-14-4-3-10-20-14/h2-4,10H,1,5-9,11-13H2. The highest BCUT2D eigenvalue weighted by atomic mass is 16.5.